The summed E-state index contributed by atoms with van der Waals surface area (Å²) in [5, 5.41) is 0.967. The fraction of sp³-hybridized carbons (Fsp3) is 0.571. The molecule has 4 bridgehead atoms. The molecule has 0 amide bonds. The van der Waals surface area contributed by atoms with Crippen LogP contribution in [0.1, 0.15) is 25.6 Å². The van der Waals surface area contributed by atoms with E-state index in [1.165, 1.54) is 4.31 Å². The normalized spacial score (nSPS) is 36.5. The van der Waals surface area contributed by atoms with Crippen molar-refractivity contribution in [1.82, 2.24) is 18.7 Å². The van der Waals surface area contributed by atoms with Crippen LogP contribution < -0.4 is 0 Å². The molecule has 0 N–H and O–H groups in total. The van der Waals surface area contributed by atoms with Crippen molar-refractivity contribution in [2.24, 2.45) is 17.9 Å². The lowest BCUT2D eigenvalue weighted by Gasteiger charge is -2.64. The number of carbonyl (C=O) groups is 1. The predicted molar refractivity (Wildman–Crippen MR) is 111 cm³/mol. The summed E-state index contributed by atoms with van der Waals surface area (Å²) in [6.07, 6.45) is 2.20. The summed E-state index contributed by atoms with van der Waals surface area (Å²) < 4.78 is 28.7. The molecule has 0 radical (unpaired) electrons. The van der Waals surface area contributed by atoms with Gasteiger partial charge >= 0.3 is 0 Å². The van der Waals surface area contributed by atoms with Crippen molar-refractivity contribution in [3.63, 3.8) is 0 Å². The molecule has 0 saturated carbocycles. The van der Waals surface area contributed by atoms with Gasteiger partial charge in [0.25, 0.3) is 0 Å². The van der Waals surface area contributed by atoms with E-state index in [2.05, 4.69) is 34.4 Å². The van der Waals surface area contributed by atoms with Gasteiger partial charge in [0.15, 0.2) is 0 Å². The van der Waals surface area contributed by atoms with E-state index < -0.39 is 10.0 Å². The molecule has 0 atom stereocenters. The highest BCUT2D eigenvalue weighted by Crippen LogP contribution is 2.52. The Hall–Kier alpha value is -1.74. The Morgan fingerprint density at radius 1 is 1.03 bits per heavy atom. The largest absolute Gasteiger partial charge is 0.350 e. The number of fused-ring (bicyclic) bond motifs is 1. The number of ketones is 1. The SMILES string of the molecule is CN(C)S(=O)(=O)c1ccc2c(c1)c(C1N3CC4(C)CN1CC(C)(C3)C4=O)cn2C. The highest BCUT2D eigenvalue weighted by Gasteiger charge is 2.62. The van der Waals surface area contributed by atoms with E-state index in [0.29, 0.717) is 10.7 Å². The fourth-order valence-corrected chi connectivity index (χ4v) is 6.90. The van der Waals surface area contributed by atoms with Crippen molar-refractivity contribution >= 4 is 26.7 Å². The van der Waals surface area contributed by atoms with Crippen molar-refractivity contribution in [1.29, 1.82) is 0 Å². The number of nitrogens with zero attached hydrogens (tertiary/aromatic N) is 4. The van der Waals surface area contributed by atoms with Gasteiger partial charge in [-0.05, 0) is 18.2 Å². The third kappa shape index (κ3) is 2.46. The van der Waals surface area contributed by atoms with E-state index in [9.17, 15) is 13.2 Å². The monoisotopic (exact) mass is 416 g/mol. The number of hydrogen-bond donors (Lipinski definition) is 0. The van der Waals surface area contributed by atoms with Crippen LogP contribution in [0.4, 0.5) is 0 Å². The van der Waals surface area contributed by atoms with Crippen molar-refractivity contribution in [3.8, 4) is 0 Å². The van der Waals surface area contributed by atoms with Gasteiger partial charge in [-0.15, -0.1) is 0 Å². The standard InChI is InChI=1S/C21H28N4O3S/c1-20-10-24-12-21(2,19(20)26)13-25(11-20)18(24)16-9-23(5)17-7-6-14(8-15(16)17)29(27,28)22(3)4/h6-9,18H,10-13H2,1-5H3. The maximum absolute atomic E-state index is 13.0. The lowest BCUT2D eigenvalue weighted by Crippen LogP contribution is -2.75. The summed E-state index contributed by atoms with van der Waals surface area (Å²) in [6, 6.07) is 5.38. The molecular weight excluding hydrogens is 388 g/mol. The molecule has 0 unspecified atom stereocenters. The molecule has 29 heavy (non-hydrogen) atoms. The fourth-order valence-electron chi connectivity index (χ4n) is 5.97. The minimum Gasteiger partial charge on any atom is -0.350 e. The summed E-state index contributed by atoms with van der Waals surface area (Å²) in [5.74, 6) is 0.397. The molecular formula is C21H28N4O3S. The Bertz CT molecular complexity index is 1110. The number of aromatic nitrogens is 1. The Morgan fingerprint density at radius 2 is 1.59 bits per heavy atom. The lowest BCUT2D eigenvalue weighted by atomic mass is 9.62. The van der Waals surface area contributed by atoms with Gasteiger partial charge in [-0.1, -0.05) is 13.8 Å². The maximum atomic E-state index is 13.0. The van der Waals surface area contributed by atoms with Gasteiger partial charge < -0.3 is 4.57 Å². The number of carbonyl (C=O) groups excluding carboxylic acids is 1. The van der Waals surface area contributed by atoms with Crippen LogP contribution in [0.15, 0.2) is 29.3 Å². The first-order valence-electron chi connectivity index (χ1n) is 10.0. The van der Waals surface area contributed by atoms with Crippen molar-refractivity contribution < 1.29 is 13.2 Å². The molecule has 2 aromatic rings. The highest BCUT2D eigenvalue weighted by molar-refractivity contribution is 7.89. The van der Waals surface area contributed by atoms with Crippen LogP contribution in [-0.2, 0) is 21.9 Å². The molecule has 6 rings (SSSR count). The molecule has 0 aliphatic carbocycles. The Labute approximate surface area is 171 Å². The van der Waals surface area contributed by atoms with Gasteiger partial charge in [-0.25, -0.2) is 12.7 Å². The van der Waals surface area contributed by atoms with Crippen LogP contribution in [0.2, 0.25) is 0 Å². The van der Waals surface area contributed by atoms with E-state index in [-0.39, 0.29) is 17.0 Å². The lowest BCUT2D eigenvalue weighted by molar-refractivity contribution is -0.196. The van der Waals surface area contributed by atoms with Crippen molar-refractivity contribution in [2.75, 3.05) is 40.3 Å². The summed E-state index contributed by atoms with van der Waals surface area (Å²) in [7, 11) is 1.61. The van der Waals surface area contributed by atoms with E-state index in [4.69, 9.17) is 0 Å². The smallest absolute Gasteiger partial charge is 0.242 e. The molecule has 4 saturated heterocycles. The molecule has 0 spiro atoms. The highest BCUT2D eigenvalue weighted by atomic mass is 32.2. The van der Waals surface area contributed by atoms with Crippen molar-refractivity contribution in [3.05, 3.63) is 30.0 Å². The molecule has 1 aromatic heterocycles. The number of piperidine rings is 2. The minimum absolute atomic E-state index is 0.0743. The summed E-state index contributed by atoms with van der Waals surface area (Å²) in [5.41, 5.74) is 1.51. The number of sulfonamides is 1. The first kappa shape index (κ1) is 19.2. The zero-order valence-corrected chi connectivity index (χ0v) is 18.5. The van der Waals surface area contributed by atoms with Gasteiger partial charge in [0, 0.05) is 70.0 Å². The number of benzene rings is 1. The van der Waals surface area contributed by atoms with E-state index >= 15 is 0 Å². The molecule has 4 fully saturated rings. The predicted octanol–water partition coefficient (Wildman–Crippen LogP) is 1.65. The Balaban J connectivity index is 1.64. The van der Waals surface area contributed by atoms with E-state index in [1.54, 1.807) is 20.2 Å². The second kappa shape index (κ2) is 5.69. The van der Waals surface area contributed by atoms with Crippen LogP contribution in [0.3, 0.4) is 0 Å². The van der Waals surface area contributed by atoms with Gasteiger partial charge in [0.05, 0.1) is 21.9 Å². The number of Topliss-reactive ketones (excluding diaryl/α,β-unsaturated/α-hetero) is 1. The third-order valence-electron chi connectivity index (χ3n) is 7.04. The second-order valence-electron chi connectivity index (χ2n) is 9.80. The van der Waals surface area contributed by atoms with Gasteiger partial charge in [-0.2, -0.15) is 0 Å². The van der Waals surface area contributed by atoms with Gasteiger partial charge in [-0.3, -0.25) is 14.6 Å². The quantitative estimate of drug-likeness (QED) is 0.761. The Morgan fingerprint density at radius 3 is 2.10 bits per heavy atom. The number of rotatable bonds is 3. The summed E-state index contributed by atoms with van der Waals surface area (Å²) >= 11 is 0. The first-order chi connectivity index (χ1) is 13.5. The zero-order chi connectivity index (χ0) is 20.9. The zero-order valence-electron chi connectivity index (χ0n) is 17.6. The van der Waals surface area contributed by atoms with Crippen LogP contribution in [0.25, 0.3) is 10.9 Å². The van der Waals surface area contributed by atoms with Crippen LogP contribution >= 0.6 is 0 Å². The molecule has 8 heteroatoms. The summed E-state index contributed by atoms with van der Waals surface area (Å²) in [4.78, 5) is 18.1. The van der Waals surface area contributed by atoms with E-state index in [1.807, 2.05) is 19.2 Å². The first-order valence-corrected chi connectivity index (χ1v) is 11.4. The van der Waals surface area contributed by atoms with Crippen LogP contribution in [-0.4, -0.2) is 73.1 Å². The molecule has 156 valence electrons. The van der Waals surface area contributed by atoms with Gasteiger partial charge in [0.2, 0.25) is 10.0 Å². The van der Waals surface area contributed by atoms with E-state index in [0.717, 1.165) is 42.6 Å². The Kier molecular flexibility index (Phi) is 3.78. The summed E-state index contributed by atoms with van der Waals surface area (Å²) in [6.45, 7) is 7.21. The topological polar surface area (TPSA) is 65.9 Å². The third-order valence-corrected chi connectivity index (χ3v) is 8.86. The average molecular weight is 417 g/mol. The van der Waals surface area contributed by atoms with Crippen LogP contribution in [0, 0.1) is 10.8 Å². The molecule has 4 aliphatic heterocycles. The minimum atomic E-state index is -3.50. The second-order valence-corrected chi connectivity index (χ2v) is 11.9. The number of hydrogen-bond acceptors (Lipinski definition) is 5. The van der Waals surface area contributed by atoms with Gasteiger partial charge in [0.1, 0.15) is 5.78 Å². The molecule has 7 nitrogen and oxygen atoms in total. The number of aryl methyl sites for hydroxylation is 1. The maximum Gasteiger partial charge on any atom is 0.242 e. The molecule has 5 heterocycles. The molecule has 1 aromatic carbocycles. The van der Waals surface area contributed by atoms with Crippen LogP contribution in [0.5, 0.6) is 0 Å². The average Bonchev–Trinajstić information content (AvgIpc) is 2.94. The molecule has 4 aliphatic rings. The van der Waals surface area contributed by atoms with Crippen molar-refractivity contribution in [2.45, 2.75) is 24.9 Å².